The molecule has 1 atom stereocenters. The van der Waals surface area contributed by atoms with E-state index in [1.54, 1.807) is 6.92 Å². The quantitative estimate of drug-likeness (QED) is 0.160. The first-order valence-corrected chi connectivity index (χ1v) is 15.2. The normalized spacial score (nSPS) is 10.9. The van der Waals surface area contributed by atoms with Gasteiger partial charge in [-0.05, 0) is 79.6 Å². The molecule has 1 unspecified atom stereocenters. The molecule has 5 aromatic carbocycles. The van der Waals surface area contributed by atoms with Crippen LogP contribution in [0.5, 0.6) is 0 Å². The third-order valence-electron chi connectivity index (χ3n) is 7.77. The number of hydrogen-bond acceptors (Lipinski definition) is 6. The highest BCUT2D eigenvalue weighted by molar-refractivity contribution is 5.99. The van der Waals surface area contributed by atoms with Crippen LogP contribution in [0.3, 0.4) is 0 Å². The molecule has 3 N–H and O–H groups in total. The number of aryl methyl sites for hydroxylation is 4. The lowest BCUT2D eigenvalue weighted by Crippen LogP contribution is -2.42. The highest BCUT2D eigenvalue weighted by Crippen LogP contribution is 2.25. The minimum atomic E-state index is -1.10. The highest BCUT2D eigenvalue weighted by Gasteiger charge is 2.23. The van der Waals surface area contributed by atoms with Crippen molar-refractivity contribution < 1.29 is 19.5 Å². The van der Waals surface area contributed by atoms with Gasteiger partial charge in [-0.1, -0.05) is 91.3 Å². The molecule has 0 saturated heterocycles. The Morgan fingerprint density at radius 1 is 0.745 bits per heavy atom. The van der Waals surface area contributed by atoms with Gasteiger partial charge < -0.3 is 20.5 Å². The van der Waals surface area contributed by atoms with Crippen LogP contribution < -0.4 is 21.5 Å². The molecule has 0 bridgehead atoms. The SMILES string of the molecule is C=O.CCc1ccccc1.Cc1cc(C)c(C(=O)NC(Cc2ccc(-c3cccc(Nc4c(C)c(=O)c4=O)c3)cc2)C(=O)O)c(C)c1. The average Bonchev–Trinajstić information content (AvgIpc) is 3.08. The second-order valence-electron chi connectivity index (χ2n) is 11.2. The maximum Gasteiger partial charge on any atom is 0.326 e. The summed E-state index contributed by atoms with van der Waals surface area (Å²) in [5.41, 5.74) is 7.57. The van der Waals surface area contributed by atoms with E-state index in [1.807, 2.05) is 94.3 Å². The molecule has 8 heteroatoms. The van der Waals surface area contributed by atoms with Gasteiger partial charge in [0.25, 0.3) is 5.91 Å². The van der Waals surface area contributed by atoms with E-state index in [0.29, 0.717) is 22.5 Å². The van der Waals surface area contributed by atoms with Crippen molar-refractivity contribution >= 4 is 30.0 Å². The first-order valence-electron chi connectivity index (χ1n) is 15.2. The van der Waals surface area contributed by atoms with Crippen LogP contribution in [0, 0.1) is 27.7 Å². The summed E-state index contributed by atoms with van der Waals surface area (Å²) >= 11 is 0. The first kappa shape index (κ1) is 35.8. The number of rotatable bonds is 9. The number of carboxylic acid groups (broad SMARTS) is 1. The van der Waals surface area contributed by atoms with Crippen LogP contribution in [0.2, 0.25) is 0 Å². The Hall–Kier alpha value is -5.63. The number of amides is 1. The molecule has 0 spiro atoms. The lowest BCUT2D eigenvalue weighted by molar-refractivity contribution is -0.139. The van der Waals surface area contributed by atoms with Crippen molar-refractivity contribution in [3.8, 4) is 11.1 Å². The van der Waals surface area contributed by atoms with Crippen LogP contribution in [0.25, 0.3) is 11.1 Å². The molecule has 8 nitrogen and oxygen atoms in total. The Morgan fingerprint density at radius 3 is 1.89 bits per heavy atom. The van der Waals surface area contributed by atoms with E-state index < -0.39 is 28.8 Å². The Bertz CT molecular complexity index is 1880. The third kappa shape index (κ3) is 9.20. The largest absolute Gasteiger partial charge is 0.480 e. The number of carboxylic acids is 1. The van der Waals surface area contributed by atoms with Crippen molar-refractivity contribution in [3.63, 3.8) is 0 Å². The Labute approximate surface area is 274 Å². The predicted molar refractivity (Wildman–Crippen MR) is 187 cm³/mol. The topological polar surface area (TPSA) is 130 Å². The zero-order chi connectivity index (χ0) is 34.7. The standard InChI is InChI=1S/C30H28N2O5.C8H10.CH2O/c1-16-12-17(2)25(18(3)13-16)29(35)32-24(30(36)37)14-20-8-10-21(11-9-20)22-6-5-7-23(15-22)31-26-19(4)27(33)28(26)34;1-2-8-6-4-3-5-7-8;1-2/h5-13,15,24,31H,14H2,1-4H3,(H,32,35)(H,36,37);3-7H,2H2,1H3;1H2. The van der Waals surface area contributed by atoms with E-state index >= 15 is 0 Å². The molecule has 0 aliphatic rings. The van der Waals surface area contributed by atoms with E-state index in [-0.39, 0.29) is 6.42 Å². The van der Waals surface area contributed by atoms with Crippen molar-refractivity contribution in [2.75, 3.05) is 5.32 Å². The molecule has 242 valence electrons. The van der Waals surface area contributed by atoms with Crippen molar-refractivity contribution in [1.82, 2.24) is 5.32 Å². The van der Waals surface area contributed by atoms with Crippen molar-refractivity contribution in [1.29, 1.82) is 0 Å². The fourth-order valence-corrected chi connectivity index (χ4v) is 5.33. The van der Waals surface area contributed by atoms with Gasteiger partial charge in [-0.15, -0.1) is 0 Å². The predicted octanol–water partition coefficient (Wildman–Crippen LogP) is 6.42. The number of nitrogens with one attached hydrogen (secondary N) is 2. The molecule has 5 rings (SSSR count). The van der Waals surface area contributed by atoms with Gasteiger partial charge in [-0.3, -0.25) is 14.4 Å². The number of aliphatic carboxylic acids is 1. The van der Waals surface area contributed by atoms with Crippen molar-refractivity contribution in [3.05, 3.63) is 150 Å². The van der Waals surface area contributed by atoms with Gasteiger partial charge in [-0.2, -0.15) is 0 Å². The molecule has 0 heterocycles. The summed E-state index contributed by atoms with van der Waals surface area (Å²) in [5.74, 6) is -1.51. The summed E-state index contributed by atoms with van der Waals surface area (Å²) in [6, 6.07) is 28.1. The summed E-state index contributed by atoms with van der Waals surface area (Å²) in [6.07, 6.45) is 1.28. The third-order valence-corrected chi connectivity index (χ3v) is 7.77. The van der Waals surface area contributed by atoms with Gasteiger partial charge in [0.2, 0.25) is 10.9 Å². The van der Waals surface area contributed by atoms with Crippen molar-refractivity contribution in [2.24, 2.45) is 0 Å². The minimum absolute atomic E-state index is 0.135. The number of benzene rings is 4. The summed E-state index contributed by atoms with van der Waals surface area (Å²) in [6.45, 7) is 11.4. The lowest BCUT2D eigenvalue weighted by Gasteiger charge is -2.17. The fraction of sp³-hybridized carbons (Fsp3) is 0.205. The van der Waals surface area contributed by atoms with Gasteiger partial charge in [0.15, 0.2) is 0 Å². The maximum atomic E-state index is 12.9. The molecule has 47 heavy (non-hydrogen) atoms. The second-order valence-corrected chi connectivity index (χ2v) is 11.2. The van der Waals surface area contributed by atoms with Crippen LogP contribution in [0.1, 0.15) is 50.7 Å². The Balaban J connectivity index is 0.000000518. The van der Waals surface area contributed by atoms with Crippen molar-refractivity contribution in [2.45, 2.75) is 53.5 Å². The van der Waals surface area contributed by atoms with Crippen LogP contribution in [0.4, 0.5) is 11.4 Å². The molecule has 0 radical (unpaired) electrons. The van der Waals surface area contributed by atoms with Crippen LogP contribution in [-0.4, -0.2) is 29.8 Å². The van der Waals surface area contributed by atoms with Crippen LogP contribution in [-0.2, 0) is 22.4 Å². The van der Waals surface area contributed by atoms with Gasteiger partial charge >= 0.3 is 5.97 Å². The van der Waals surface area contributed by atoms with Crippen LogP contribution in [0.15, 0.2) is 101 Å². The number of anilines is 2. The minimum Gasteiger partial charge on any atom is -0.480 e. The second kappa shape index (κ2) is 16.6. The zero-order valence-corrected chi connectivity index (χ0v) is 27.3. The zero-order valence-electron chi connectivity index (χ0n) is 27.3. The Morgan fingerprint density at radius 2 is 1.36 bits per heavy atom. The highest BCUT2D eigenvalue weighted by atomic mass is 16.4. The number of carbonyl (C=O) groups is 3. The molecule has 0 aliphatic heterocycles. The summed E-state index contributed by atoms with van der Waals surface area (Å²) in [4.78, 5) is 56.1. The smallest absolute Gasteiger partial charge is 0.326 e. The summed E-state index contributed by atoms with van der Waals surface area (Å²) in [5, 5.41) is 15.4. The van der Waals surface area contributed by atoms with Gasteiger partial charge in [0, 0.05) is 23.2 Å². The molecule has 0 aromatic heterocycles. The van der Waals surface area contributed by atoms with Crippen LogP contribution >= 0.6 is 0 Å². The first-order chi connectivity index (χ1) is 22.5. The van der Waals surface area contributed by atoms with Gasteiger partial charge in [-0.25, -0.2) is 4.79 Å². The lowest BCUT2D eigenvalue weighted by atomic mass is 9.97. The number of carbonyl (C=O) groups excluding carboxylic acids is 2. The van der Waals surface area contributed by atoms with Gasteiger partial charge in [0.05, 0.1) is 5.69 Å². The average molecular weight is 633 g/mol. The maximum absolute atomic E-state index is 12.9. The van der Waals surface area contributed by atoms with E-state index in [2.05, 4.69) is 41.8 Å². The molecule has 0 aliphatic carbocycles. The molecule has 1 amide bonds. The Kier molecular flexibility index (Phi) is 12.7. The van der Waals surface area contributed by atoms with E-state index in [9.17, 15) is 24.3 Å². The fourth-order valence-electron chi connectivity index (χ4n) is 5.33. The molecular weight excluding hydrogens is 592 g/mol. The molecular formula is C39H40N2O6. The van der Waals surface area contributed by atoms with E-state index in [0.717, 1.165) is 39.8 Å². The molecule has 5 aromatic rings. The monoisotopic (exact) mass is 632 g/mol. The van der Waals surface area contributed by atoms with E-state index in [4.69, 9.17) is 4.79 Å². The summed E-state index contributed by atoms with van der Waals surface area (Å²) in [7, 11) is 0. The van der Waals surface area contributed by atoms with Gasteiger partial charge in [0.1, 0.15) is 12.8 Å². The number of hydrogen-bond donors (Lipinski definition) is 3. The molecule has 0 fully saturated rings. The van der Waals surface area contributed by atoms with E-state index in [1.165, 1.54) is 5.56 Å². The summed E-state index contributed by atoms with van der Waals surface area (Å²) < 4.78 is 0. The molecule has 0 saturated carbocycles.